The molecule has 0 saturated carbocycles. The highest BCUT2D eigenvalue weighted by Gasteiger charge is 2.30. The van der Waals surface area contributed by atoms with Crippen LogP contribution in [0.25, 0.3) is 22.3 Å². The second kappa shape index (κ2) is 6.32. The Hall–Kier alpha value is -2.27. The molecular formula is C19H17F3O2. The van der Waals surface area contributed by atoms with Gasteiger partial charge in [-0.05, 0) is 32.0 Å². The third-order valence-electron chi connectivity index (χ3n) is 3.93. The van der Waals surface area contributed by atoms with Gasteiger partial charge in [0, 0.05) is 23.1 Å². The number of hydrogen-bond acceptors (Lipinski definition) is 2. The van der Waals surface area contributed by atoms with Crippen molar-refractivity contribution in [2.45, 2.75) is 26.1 Å². The van der Waals surface area contributed by atoms with E-state index >= 15 is 0 Å². The van der Waals surface area contributed by atoms with E-state index in [9.17, 15) is 13.2 Å². The number of ether oxygens (including phenoxy) is 1. The quantitative estimate of drug-likeness (QED) is 0.565. The standard InChI is InChI=1S/C19H17F3O2/c1-3-23-12(2)17-15-6-4-5-7-16(15)24-18(17)13-8-10-14(11-9-13)19(20,21)22/h4-12H,3H2,1-2H3. The number of halogens is 3. The second-order valence-corrected chi connectivity index (χ2v) is 5.51. The van der Waals surface area contributed by atoms with E-state index in [0.29, 0.717) is 23.5 Å². The molecule has 1 aromatic heterocycles. The number of fused-ring (bicyclic) bond motifs is 1. The van der Waals surface area contributed by atoms with Crippen LogP contribution in [0.1, 0.15) is 31.1 Å². The molecule has 1 atom stereocenters. The number of furan rings is 1. The van der Waals surface area contributed by atoms with Gasteiger partial charge in [-0.25, -0.2) is 0 Å². The maximum Gasteiger partial charge on any atom is 0.416 e. The summed E-state index contributed by atoms with van der Waals surface area (Å²) >= 11 is 0. The van der Waals surface area contributed by atoms with Gasteiger partial charge in [-0.15, -0.1) is 0 Å². The SMILES string of the molecule is CCOC(C)c1c(-c2ccc(C(F)(F)F)cc2)oc2ccccc12. The molecule has 0 radical (unpaired) electrons. The number of benzene rings is 2. The van der Waals surface area contributed by atoms with Crippen LogP contribution in [0, 0.1) is 0 Å². The van der Waals surface area contributed by atoms with Crippen molar-refractivity contribution in [2.24, 2.45) is 0 Å². The maximum atomic E-state index is 12.8. The maximum absolute atomic E-state index is 12.8. The summed E-state index contributed by atoms with van der Waals surface area (Å²) in [4.78, 5) is 0. The lowest BCUT2D eigenvalue weighted by atomic mass is 10.0. The van der Waals surface area contributed by atoms with Gasteiger partial charge in [0.25, 0.3) is 0 Å². The van der Waals surface area contributed by atoms with Crippen LogP contribution in [0.3, 0.4) is 0 Å². The highest BCUT2D eigenvalue weighted by Crippen LogP contribution is 2.39. The Morgan fingerprint density at radius 1 is 1.04 bits per heavy atom. The van der Waals surface area contributed by atoms with Gasteiger partial charge in [0.1, 0.15) is 11.3 Å². The van der Waals surface area contributed by atoms with Gasteiger partial charge in [-0.3, -0.25) is 0 Å². The van der Waals surface area contributed by atoms with Crippen LogP contribution in [0.4, 0.5) is 13.2 Å². The molecule has 0 bridgehead atoms. The Morgan fingerprint density at radius 3 is 2.33 bits per heavy atom. The highest BCUT2D eigenvalue weighted by atomic mass is 19.4. The van der Waals surface area contributed by atoms with Crippen LogP contribution in [0.2, 0.25) is 0 Å². The lowest BCUT2D eigenvalue weighted by molar-refractivity contribution is -0.137. The van der Waals surface area contributed by atoms with Crippen LogP contribution in [-0.4, -0.2) is 6.61 Å². The van der Waals surface area contributed by atoms with Crippen molar-refractivity contribution in [1.29, 1.82) is 0 Å². The Labute approximate surface area is 137 Å². The molecule has 2 aromatic carbocycles. The van der Waals surface area contributed by atoms with Gasteiger partial charge >= 0.3 is 6.18 Å². The summed E-state index contributed by atoms with van der Waals surface area (Å²) in [5, 5.41) is 0.911. The smallest absolute Gasteiger partial charge is 0.416 e. The van der Waals surface area contributed by atoms with Crippen molar-refractivity contribution in [3.8, 4) is 11.3 Å². The van der Waals surface area contributed by atoms with Gasteiger partial charge in [-0.1, -0.05) is 30.3 Å². The molecule has 0 spiro atoms. The zero-order valence-corrected chi connectivity index (χ0v) is 13.4. The number of para-hydroxylation sites is 1. The topological polar surface area (TPSA) is 22.4 Å². The normalized spacial score (nSPS) is 13.4. The summed E-state index contributed by atoms with van der Waals surface area (Å²) in [7, 11) is 0. The molecule has 0 amide bonds. The average molecular weight is 334 g/mol. The van der Waals surface area contributed by atoms with E-state index < -0.39 is 11.7 Å². The molecule has 0 saturated heterocycles. The molecular weight excluding hydrogens is 317 g/mol. The molecule has 0 aliphatic carbocycles. The van der Waals surface area contributed by atoms with E-state index in [4.69, 9.17) is 9.15 Å². The number of hydrogen-bond donors (Lipinski definition) is 0. The van der Waals surface area contributed by atoms with E-state index in [2.05, 4.69) is 0 Å². The molecule has 0 aliphatic rings. The van der Waals surface area contributed by atoms with Crippen LogP contribution < -0.4 is 0 Å². The monoisotopic (exact) mass is 334 g/mol. The third-order valence-corrected chi connectivity index (χ3v) is 3.93. The van der Waals surface area contributed by atoms with Crippen molar-refractivity contribution in [3.63, 3.8) is 0 Å². The number of alkyl halides is 3. The van der Waals surface area contributed by atoms with Gasteiger partial charge in [-0.2, -0.15) is 13.2 Å². The van der Waals surface area contributed by atoms with Crippen molar-refractivity contribution in [2.75, 3.05) is 6.61 Å². The summed E-state index contributed by atoms with van der Waals surface area (Å²) in [6.07, 6.45) is -4.58. The fourth-order valence-corrected chi connectivity index (χ4v) is 2.83. The van der Waals surface area contributed by atoms with E-state index in [-0.39, 0.29) is 6.10 Å². The molecule has 0 N–H and O–H groups in total. The molecule has 3 rings (SSSR count). The van der Waals surface area contributed by atoms with E-state index in [0.717, 1.165) is 23.1 Å². The lowest BCUT2D eigenvalue weighted by Gasteiger charge is -2.13. The Morgan fingerprint density at radius 2 is 1.71 bits per heavy atom. The van der Waals surface area contributed by atoms with Crippen LogP contribution in [0.5, 0.6) is 0 Å². The zero-order valence-electron chi connectivity index (χ0n) is 13.4. The van der Waals surface area contributed by atoms with E-state index in [1.807, 2.05) is 38.1 Å². The van der Waals surface area contributed by atoms with E-state index in [1.54, 1.807) is 0 Å². The first kappa shape index (κ1) is 16.6. The molecule has 126 valence electrons. The lowest BCUT2D eigenvalue weighted by Crippen LogP contribution is -2.04. The third kappa shape index (κ3) is 3.04. The summed E-state index contributed by atoms with van der Waals surface area (Å²) in [6.45, 7) is 4.35. The molecule has 0 aliphatic heterocycles. The Balaban J connectivity index is 2.13. The van der Waals surface area contributed by atoms with Crippen molar-refractivity contribution >= 4 is 11.0 Å². The molecule has 2 nitrogen and oxygen atoms in total. The van der Waals surface area contributed by atoms with Gasteiger partial charge < -0.3 is 9.15 Å². The van der Waals surface area contributed by atoms with Crippen molar-refractivity contribution in [3.05, 3.63) is 59.7 Å². The minimum Gasteiger partial charge on any atom is -0.456 e. The number of rotatable bonds is 4. The largest absolute Gasteiger partial charge is 0.456 e. The molecule has 1 unspecified atom stereocenters. The van der Waals surface area contributed by atoms with Gasteiger partial charge in [0.05, 0.1) is 11.7 Å². The first-order chi connectivity index (χ1) is 11.4. The Bertz CT molecular complexity index is 832. The summed E-state index contributed by atoms with van der Waals surface area (Å²) in [5.41, 5.74) is 1.46. The highest BCUT2D eigenvalue weighted by molar-refractivity contribution is 5.88. The van der Waals surface area contributed by atoms with Crippen LogP contribution >= 0.6 is 0 Å². The summed E-state index contributed by atoms with van der Waals surface area (Å²) in [6, 6.07) is 12.5. The molecule has 1 heterocycles. The predicted molar refractivity (Wildman–Crippen MR) is 86.7 cm³/mol. The van der Waals surface area contributed by atoms with Gasteiger partial charge in [0.15, 0.2) is 0 Å². The first-order valence-corrected chi connectivity index (χ1v) is 7.72. The summed E-state index contributed by atoms with van der Waals surface area (Å²) in [5.74, 6) is 0.547. The minimum absolute atomic E-state index is 0.226. The molecule has 3 aromatic rings. The van der Waals surface area contributed by atoms with Crippen molar-refractivity contribution in [1.82, 2.24) is 0 Å². The molecule has 0 fully saturated rings. The average Bonchev–Trinajstić information content (AvgIpc) is 2.94. The van der Waals surface area contributed by atoms with Crippen LogP contribution in [0.15, 0.2) is 52.9 Å². The zero-order chi connectivity index (χ0) is 17.3. The minimum atomic E-state index is -4.35. The summed E-state index contributed by atoms with van der Waals surface area (Å²) < 4.78 is 49.9. The molecule has 24 heavy (non-hydrogen) atoms. The fourth-order valence-electron chi connectivity index (χ4n) is 2.83. The first-order valence-electron chi connectivity index (χ1n) is 7.72. The molecule has 5 heteroatoms. The van der Waals surface area contributed by atoms with Crippen molar-refractivity contribution < 1.29 is 22.3 Å². The predicted octanol–water partition coefficient (Wildman–Crippen LogP) is 6.22. The Kier molecular flexibility index (Phi) is 4.37. The van der Waals surface area contributed by atoms with E-state index in [1.165, 1.54) is 12.1 Å². The van der Waals surface area contributed by atoms with Gasteiger partial charge in [0.2, 0.25) is 0 Å². The van der Waals surface area contributed by atoms with Crippen LogP contribution in [-0.2, 0) is 10.9 Å². The second-order valence-electron chi connectivity index (χ2n) is 5.51. The fraction of sp³-hybridized carbons (Fsp3) is 0.263.